The Morgan fingerprint density at radius 2 is 1.55 bits per heavy atom. The van der Waals surface area contributed by atoms with Crippen molar-refractivity contribution in [3.63, 3.8) is 0 Å². The molecule has 0 amide bonds. The van der Waals surface area contributed by atoms with Gasteiger partial charge < -0.3 is 14.5 Å². The maximum Gasteiger partial charge on any atom is 0.143 e. The van der Waals surface area contributed by atoms with Gasteiger partial charge >= 0.3 is 0 Å². The first-order valence-electron chi connectivity index (χ1n) is 8.28. The molecule has 1 fully saturated rings. The van der Waals surface area contributed by atoms with Gasteiger partial charge in [-0.3, -0.25) is 0 Å². The van der Waals surface area contributed by atoms with Crippen LogP contribution in [0, 0.1) is 0 Å². The molecule has 2 heterocycles. The Kier molecular flexibility index (Phi) is 3.60. The first-order chi connectivity index (χ1) is 10.8. The first-order valence-corrected chi connectivity index (χ1v) is 8.28. The van der Waals surface area contributed by atoms with Crippen LogP contribution in [0.5, 0.6) is 5.75 Å². The van der Waals surface area contributed by atoms with Crippen LogP contribution in [0.4, 0.5) is 0 Å². The van der Waals surface area contributed by atoms with Crippen LogP contribution < -0.4 is 14.5 Å². The minimum atomic E-state index is 0.406. The zero-order valence-electron chi connectivity index (χ0n) is 13.1. The van der Waals surface area contributed by atoms with Gasteiger partial charge in [-0.15, -0.1) is 0 Å². The van der Waals surface area contributed by atoms with E-state index in [0.717, 1.165) is 5.75 Å². The maximum absolute atomic E-state index is 6.10. The van der Waals surface area contributed by atoms with Crippen molar-refractivity contribution in [2.45, 2.75) is 12.6 Å². The summed E-state index contributed by atoms with van der Waals surface area (Å²) in [6, 6.07) is 17.8. The molecule has 2 aliphatic rings. The van der Waals surface area contributed by atoms with Crippen LogP contribution in [0.3, 0.4) is 0 Å². The predicted octanol–water partition coefficient (Wildman–Crippen LogP) is 0.0816. The van der Waals surface area contributed by atoms with Gasteiger partial charge in [-0.1, -0.05) is 36.4 Å². The summed E-state index contributed by atoms with van der Waals surface area (Å²) in [4.78, 5) is 3.33. The minimum absolute atomic E-state index is 0.406. The van der Waals surface area contributed by atoms with Gasteiger partial charge in [-0.2, -0.15) is 0 Å². The molecule has 2 aliphatic heterocycles. The van der Waals surface area contributed by atoms with Gasteiger partial charge in [-0.25, -0.2) is 0 Å². The van der Waals surface area contributed by atoms with Crippen molar-refractivity contribution in [1.82, 2.24) is 0 Å². The lowest BCUT2D eigenvalue weighted by atomic mass is 9.93. The second-order valence-electron chi connectivity index (χ2n) is 6.57. The molecule has 0 unspecified atom stereocenters. The summed E-state index contributed by atoms with van der Waals surface area (Å²) in [7, 11) is 2.30. The van der Waals surface area contributed by atoms with E-state index in [2.05, 4.69) is 55.6 Å². The molecule has 0 aliphatic carbocycles. The lowest BCUT2D eigenvalue weighted by Gasteiger charge is -2.34. The third-order valence-corrected chi connectivity index (χ3v) is 5.13. The number of likely N-dealkylation sites (N-methyl/N-ethyl adjacent to an activating group) is 1. The molecule has 0 saturated carbocycles. The van der Waals surface area contributed by atoms with Crippen LogP contribution >= 0.6 is 0 Å². The molecule has 0 bridgehead atoms. The van der Waals surface area contributed by atoms with Gasteiger partial charge in [0.1, 0.15) is 44.6 Å². The van der Waals surface area contributed by atoms with Crippen molar-refractivity contribution in [2.75, 3.05) is 33.2 Å². The molecular weight excluding hydrogens is 272 g/mol. The van der Waals surface area contributed by atoms with Gasteiger partial charge in [0.25, 0.3) is 0 Å². The molecule has 3 nitrogen and oxygen atoms in total. The number of rotatable bonds is 1. The van der Waals surface area contributed by atoms with E-state index in [1.165, 1.54) is 42.9 Å². The van der Waals surface area contributed by atoms with Gasteiger partial charge in [0.05, 0.1) is 12.6 Å². The minimum Gasteiger partial charge on any atom is -0.488 e. The van der Waals surface area contributed by atoms with E-state index < -0.39 is 0 Å². The van der Waals surface area contributed by atoms with Crippen LogP contribution in [-0.4, -0.2) is 33.2 Å². The highest BCUT2D eigenvalue weighted by atomic mass is 16.5. The van der Waals surface area contributed by atoms with E-state index in [1.54, 1.807) is 9.80 Å². The van der Waals surface area contributed by atoms with Crippen LogP contribution in [0.25, 0.3) is 0 Å². The van der Waals surface area contributed by atoms with Gasteiger partial charge in [0, 0.05) is 5.56 Å². The summed E-state index contributed by atoms with van der Waals surface area (Å²) in [6.07, 6.45) is 0. The Hall–Kier alpha value is -1.84. The molecule has 2 aromatic rings. The fourth-order valence-electron chi connectivity index (χ4n) is 3.85. The second kappa shape index (κ2) is 5.75. The number of piperazine rings is 1. The molecule has 2 N–H and O–H groups in total. The monoisotopic (exact) mass is 296 g/mol. The van der Waals surface area contributed by atoms with Crippen molar-refractivity contribution >= 4 is 0 Å². The summed E-state index contributed by atoms with van der Waals surface area (Å²) >= 11 is 0. The number of quaternary nitrogens is 2. The first kappa shape index (κ1) is 13.8. The SMILES string of the molecule is C[NH+]1CC[NH+]([C@H]2c3ccccc3COc3ccccc32)CC1. The summed E-state index contributed by atoms with van der Waals surface area (Å²) in [5.41, 5.74) is 4.13. The van der Waals surface area contributed by atoms with E-state index >= 15 is 0 Å². The van der Waals surface area contributed by atoms with Gasteiger partial charge in [0.2, 0.25) is 0 Å². The molecule has 3 heteroatoms. The molecule has 1 atom stereocenters. The molecule has 2 aromatic carbocycles. The molecule has 0 radical (unpaired) electrons. The third kappa shape index (κ3) is 2.40. The Labute approximate surface area is 132 Å². The molecule has 22 heavy (non-hydrogen) atoms. The van der Waals surface area contributed by atoms with Crippen molar-refractivity contribution in [1.29, 1.82) is 0 Å². The van der Waals surface area contributed by atoms with Crippen LogP contribution in [0.1, 0.15) is 22.7 Å². The quantitative estimate of drug-likeness (QED) is 0.763. The largest absolute Gasteiger partial charge is 0.488 e. The summed E-state index contributed by atoms with van der Waals surface area (Å²) in [5.74, 6) is 1.06. The zero-order valence-corrected chi connectivity index (χ0v) is 13.1. The molecule has 0 spiro atoms. The topological polar surface area (TPSA) is 18.1 Å². The van der Waals surface area contributed by atoms with E-state index in [9.17, 15) is 0 Å². The predicted molar refractivity (Wildman–Crippen MR) is 86.4 cm³/mol. The van der Waals surface area contributed by atoms with E-state index in [0.29, 0.717) is 12.6 Å². The lowest BCUT2D eigenvalue weighted by molar-refractivity contribution is -1.02. The van der Waals surface area contributed by atoms with Crippen molar-refractivity contribution in [3.05, 3.63) is 65.2 Å². The number of hydrogen-bond donors (Lipinski definition) is 2. The Morgan fingerprint density at radius 3 is 2.36 bits per heavy atom. The third-order valence-electron chi connectivity index (χ3n) is 5.13. The molecular formula is C19H24N2O+2. The fraction of sp³-hybridized carbons (Fsp3) is 0.368. The maximum atomic E-state index is 6.10. The Balaban J connectivity index is 1.80. The molecule has 0 aromatic heterocycles. The zero-order chi connectivity index (χ0) is 14.9. The average Bonchev–Trinajstić information content (AvgIpc) is 2.73. The highest BCUT2D eigenvalue weighted by molar-refractivity contribution is 5.44. The van der Waals surface area contributed by atoms with Crippen LogP contribution in [0.2, 0.25) is 0 Å². The lowest BCUT2D eigenvalue weighted by Crippen LogP contribution is -3.27. The smallest absolute Gasteiger partial charge is 0.143 e. The number of nitrogens with one attached hydrogen (secondary N) is 2. The van der Waals surface area contributed by atoms with Crippen molar-refractivity contribution in [2.24, 2.45) is 0 Å². The second-order valence-corrected chi connectivity index (χ2v) is 6.57. The van der Waals surface area contributed by atoms with Gasteiger partial charge in [-0.05, 0) is 17.7 Å². The number of benzene rings is 2. The van der Waals surface area contributed by atoms with Crippen molar-refractivity contribution in [3.8, 4) is 5.75 Å². The van der Waals surface area contributed by atoms with Gasteiger partial charge in [0.15, 0.2) is 0 Å². The van der Waals surface area contributed by atoms with Crippen molar-refractivity contribution < 1.29 is 14.5 Å². The number of ether oxygens (including phenoxy) is 1. The summed E-state index contributed by atoms with van der Waals surface area (Å²) in [6.45, 7) is 5.62. The van der Waals surface area contributed by atoms with E-state index in [1.807, 2.05) is 0 Å². The summed E-state index contributed by atoms with van der Waals surface area (Å²) < 4.78 is 6.10. The van der Waals surface area contributed by atoms with Crippen LogP contribution in [-0.2, 0) is 6.61 Å². The Morgan fingerprint density at radius 1 is 0.864 bits per heavy atom. The molecule has 1 saturated heterocycles. The van der Waals surface area contributed by atoms with Crippen LogP contribution in [0.15, 0.2) is 48.5 Å². The number of para-hydroxylation sites is 1. The summed E-state index contributed by atoms with van der Waals surface area (Å²) in [5, 5.41) is 0. The highest BCUT2D eigenvalue weighted by Gasteiger charge is 2.35. The number of fused-ring (bicyclic) bond motifs is 2. The van der Waals surface area contributed by atoms with E-state index in [-0.39, 0.29) is 0 Å². The number of hydrogen-bond acceptors (Lipinski definition) is 1. The standard InChI is InChI=1S/C19H22N2O/c1-20-10-12-21(13-11-20)19-16-7-3-2-6-15(16)14-22-18-9-5-4-8-17(18)19/h2-9,19H,10-14H2,1H3/p+2/t19-/m0/s1. The molecule has 114 valence electrons. The fourth-order valence-corrected chi connectivity index (χ4v) is 3.85. The van der Waals surface area contributed by atoms with E-state index in [4.69, 9.17) is 4.74 Å². The Bertz CT molecular complexity index is 614. The highest BCUT2D eigenvalue weighted by Crippen LogP contribution is 2.33. The average molecular weight is 296 g/mol. The normalized spacial score (nSPS) is 27.2. The molecule has 4 rings (SSSR count).